The average Bonchev–Trinajstić information content (AvgIpc) is 2.53. The molecule has 1 heterocycles. The standard InChI is InChI=1S/C16H19N3O2/c1-21-15-7-4-6-14(11-15)19-16(20)12-17-10-8-13-5-2-3-9-18-13/h2-7,9,11,17H,8,10,12H2,1H3,(H,19,20). The normalized spacial score (nSPS) is 10.1. The summed E-state index contributed by atoms with van der Waals surface area (Å²) in [4.78, 5) is 16.0. The molecular weight excluding hydrogens is 266 g/mol. The van der Waals surface area contributed by atoms with Crippen molar-refractivity contribution in [3.63, 3.8) is 0 Å². The van der Waals surface area contributed by atoms with Crippen LogP contribution in [0.25, 0.3) is 0 Å². The molecule has 0 saturated carbocycles. The van der Waals surface area contributed by atoms with E-state index in [-0.39, 0.29) is 12.5 Å². The molecule has 0 unspecified atom stereocenters. The predicted molar refractivity (Wildman–Crippen MR) is 82.4 cm³/mol. The molecule has 110 valence electrons. The van der Waals surface area contributed by atoms with E-state index in [0.717, 1.165) is 23.6 Å². The molecule has 0 aliphatic heterocycles. The fraction of sp³-hybridized carbons (Fsp3) is 0.250. The van der Waals surface area contributed by atoms with Crippen molar-refractivity contribution in [2.75, 3.05) is 25.5 Å². The zero-order valence-electron chi connectivity index (χ0n) is 12.0. The van der Waals surface area contributed by atoms with Crippen molar-refractivity contribution < 1.29 is 9.53 Å². The Labute approximate surface area is 124 Å². The van der Waals surface area contributed by atoms with Gasteiger partial charge in [-0.1, -0.05) is 12.1 Å². The summed E-state index contributed by atoms with van der Waals surface area (Å²) in [6.07, 6.45) is 2.57. The molecular formula is C16H19N3O2. The van der Waals surface area contributed by atoms with Crippen LogP contribution in [0.3, 0.4) is 0 Å². The maximum atomic E-state index is 11.8. The number of hydrogen-bond donors (Lipinski definition) is 2. The third-order valence-electron chi connectivity index (χ3n) is 2.92. The molecule has 5 nitrogen and oxygen atoms in total. The van der Waals surface area contributed by atoms with Gasteiger partial charge in [0.25, 0.3) is 0 Å². The Morgan fingerprint density at radius 2 is 2.14 bits per heavy atom. The average molecular weight is 285 g/mol. The molecule has 0 bridgehead atoms. The van der Waals surface area contributed by atoms with E-state index in [1.54, 1.807) is 19.4 Å². The fourth-order valence-corrected chi connectivity index (χ4v) is 1.87. The highest BCUT2D eigenvalue weighted by molar-refractivity contribution is 5.92. The van der Waals surface area contributed by atoms with E-state index >= 15 is 0 Å². The van der Waals surface area contributed by atoms with Crippen LogP contribution in [0.2, 0.25) is 0 Å². The lowest BCUT2D eigenvalue weighted by Gasteiger charge is -2.08. The van der Waals surface area contributed by atoms with Gasteiger partial charge >= 0.3 is 0 Å². The Kier molecular flexibility index (Phi) is 5.72. The number of aromatic nitrogens is 1. The first kappa shape index (κ1) is 15.0. The molecule has 2 aromatic rings. The maximum Gasteiger partial charge on any atom is 0.238 e. The lowest BCUT2D eigenvalue weighted by Crippen LogP contribution is -2.29. The van der Waals surface area contributed by atoms with E-state index in [2.05, 4.69) is 15.6 Å². The van der Waals surface area contributed by atoms with Crippen LogP contribution in [0.5, 0.6) is 5.75 Å². The summed E-state index contributed by atoms with van der Waals surface area (Å²) in [6, 6.07) is 13.1. The number of anilines is 1. The van der Waals surface area contributed by atoms with Gasteiger partial charge in [-0.15, -0.1) is 0 Å². The monoisotopic (exact) mass is 285 g/mol. The van der Waals surface area contributed by atoms with Crippen LogP contribution in [0.15, 0.2) is 48.7 Å². The molecule has 5 heteroatoms. The van der Waals surface area contributed by atoms with E-state index in [9.17, 15) is 4.79 Å². The first-order valence-corrected chi connectivity index (χ1v) is 6.82. The van der Waals surface area contributed by atoms with Crippen molar-refractivity contribution >= 4 is 11.6 Å². The van der Waals surface area contributed by atoms with Crippen molar-refractivity contribution in [1.82, 2.24) is 10.3 Å². The lowest BCUT2D eigenvalue weighted by molar-refractivity contribution is -0.115. The number of rotatable bonds is 7. The topological polar surface area (TPSA) is 63.2 Å². The number of amides is 1. The van der Waals surface area contributed by atoms with Crippen LogP contribution in [0, 0.1) is 0 Å². The van der Waals surface area contributed by atoms with E-state index in [4.69, 9.17) is 4.74 Å². The first-order chi connectivity index (χ1) is 10.3. The highest BCUT2D eigenvalue weighted by Crippen LogP contribution is 2.16. The summed E-state index contributed by atoms with van der Waals surface area (Å²) < 4.78 is 5.11. The molecule has 1 aromatic carbocycles. The predicted octanol–water partition coefficient (Wildman–Crippen LogP) is 1.86. The first-order valence-electron chi connectivity index (χ1n) is 6.82. The summed E-state index contributed by atoms with van der Waals surface area (Å²) in [5.74, 6) is 0.639. The summed E-state index contributed by atoms with van der Waals surface area (Å²) >= 11 is 0. The number of nitrogens with one attached hydrogen (secondary N) is 2. The second-order valence-corrected chi connectivity index (χ2v) is 4.53. The number of carbonyl (C=O) groups is 1. The molecule has 0 atom stereocenters. The minimum Gasteiger partial charge on any atom is -0.497 e. The summed E-state index contributed by atoms with van der Waals surface area (Å²) in [5.41, 5.74) is 1.74. The van der Waals surface area contributed by atoms with Gasteiger partial charge in [-0.05, 0) is 24.3 Å². The molecule has 1 aromatic heterocycles. The number of pyridine rings is 1. The number of hydrogen-bond acceptors (Lipinski definition) is 4. The van der Waals surface area contributed by atoms with Gasteiger partial charge in [0.15, 0.2) is 0 Å². The van der Waals surface area contributed by atoms with Crippen LogP contribution in [0.4, 0.5) is 5.69 Å². The van der Waals surface area contributed by atoms with Gasteiger partial charge in [-0.3, -0.25) is 9.78 Å². The van der Waals surface area contributed by atoms with Crippen molar-refractivity contribution in [3.8, 4) is 5.75 Å². The largest absolute Gasteiger partial charge is 0.497 e. The van der Waals surface area contributed by atoms with Gasteiger partial charge in [0.2, 0.25) is 5.91 Å². The minimum atomic E-state index is -0.0794. The molecule has 0 aliphatic carbocycles. The Morgan fingerprint density at radius 3 is 2.90 bits per heavy atom. The third kappa shape index (κ3) is 5.24. The van der Waals surface area contributed by atoms with E-state index in [0.29, 0.717) is 6.54 Å². The van der Waals surface area contributed by atoms with Gasteiger partial charge in [0.05, 0.1) is 13.7 Å². The summed E-state index contributed by atoms with van der Waals surface area (Å²) in [5, 5.41) is 5.92. The van der Waals surface area contributed by atoms with Gasteiger partial charge in [-0.25, -0.2) is 0 Å². The molecule has 1 amide bonds. The van der Waals surface area contributed by atoms with Crippen LogP contribution in [0.1, 0.15) is 5.69 Å². The number of carbonyl (C=O) groups excluding carboxylic acids is 1. The molecule has 21 heavy (non-hydrogen) atoms. The molecule has 2 N–H and O–H groups in total. The minimum absolute atomic E-state index is 0.0794. The Bertz CT molecular complexity index is 573. The SMILES string of the molecule is COc1cccc(NC(=O)CNCCc2ccccn2)c1. The highest BCUT2D eigenvalue weighted by atomic mass is 16.5. The van der Waals surface area contributed by atoms with Gasteiger partial charge in [0, 0.05) is 36.6 Å². The van der Waals surface area contributed by atoms with Crippen molar-refractivity contribution in [3.05, 3.63) is 54.4 Å². The number of benzene rings is 1. The van der Waals surface area contributed by atoms with Crippen LogP contribution in [-0.2, 0) is 11.2 Å². The Morgan fingerprint density at radius 1 is 1.24 bits per heavy atom. The second kappa shape index (κ2) is 8.01. The zero-order chi connectivity index (χ0) is 14.9. The van der Waals surface area contributed by atoms with Crippen LogP contribution < -0.4 is 15.4 Å². The Balaban J connectivity index is 1.70. The van der Waals surface area contributed by atoms with Crippen LogP contribution >= 0.6 is 0 Å². The van der Waals surface area contributed by atoms with E-state index in [1.165, 1.54) is 0 Å². The molecule has 2 rings (SSSR count). The highest BCUT2D eigenvalue weighted by Gasteiger charge is 2.03. The van der Waals surface area contributed by atoms with Crippen molar-refractivity contribution in [2.45, 2.75) is 6.42 Å². The van der Waals surface area contributed by atoms with Gasteiger partial charge in [0.1, 0.15) is 5.75 Å². The molecule has 0 saturated heterocycles. The van der Waals surface area contributed by atoms with E-state index < -0.39 is 0 Å². The number of ether oxygens (including phenoxy) is 1. The molecule has 0 fully saturated rings. The number of methoxy groups -OCH3 is 1. The summed E-state index contributed by atoms with van der Waals surface area (Å²) in [6.45, 7) is 0.979. The second-order valence-electron chi connectivity index (χ2n) is 4.53. The van der Waals surface area contributed by atoms with Crippen molar-refractivity contribution in [2.24, 2.45) is 0 Å². The molecule has 0 aliphatic rings. The van der Waals surface area contributed by atoms with Gasteiger partial charge < -0.3 is 15.4 Å². The Hall–Kier alpha value is -2.40. The van der Waals surface area contributed by atoms with E-state index in [1.807, 2.05) is 36.4 Å². The van der Waals surface area contributed by atoms with Crippen LogP contribution in [-0.4, -0.2) is 31.1 Å². The quantitative estimate of drug-likeness (QED) is 0.762. The molecule has 0 spiro atoms. The maximum absolute atomic E-state index is 11.8. The fourth-order valence-electron chi connectivity index (χ4n) is 1.87. The lowest BCUT2D eigenvalue weighted by atomic mass is 10.2. The smallest absolute Gasteiger partial charge is 0.238 e. The zero-order valence-corrected chi connectivity index (χ0v) is 12.0. The molecule has 0 radical (unpaired) electrons. The number of nitrogens with zero attached hydrogens (tertiary/aromatic N) is 1. The third-order valence-corrected chi connectivity index (χ3v) is 2.92. The van der Waals surface area contributed by atoms with Crippen molar-refractivity contribution in [1.29, 1.82) is 0 Å². The summed E-state index contributed by atoms with van der Waals surface area (Å²) in [7, 11) is 1.60. The van der Waals surface area contributed by atoms with Gasteiger partial charge in [-0.2, -0.15) is 0 Å².